The summed E-state index contributed by atoms with van der Waals surface area (Å²) in [6.45, 7) is 7.51. The third-order valence-corrected chi connectivity index (χ3v) is 3.08. The van der Waals surface area contributed by atoms with Crippen LogP contribution < -0.4 is 5.32 Å². The standard InChI is InChI=1S/C16H24N2O3/c1-4-18(12-16(20)21-5-2)11-15(19)17-10-14-8-6-13(3)7-9-14/h6-9H,4-5,10-12H2,1-3H3,(H,17,19). The Hall–Kier alpha value is -1.88. The van der Waals surface area contributed by atoms with E-state index in [1.54, 1.807) is 11.8 Å². The number of hydrogen-bond donors (Lipinski definition) is 1. The van der Waals surface area contributed by atoms with Gasteiger partial charge in [-0.25, -0.2) is 0 Å². The molecule has 0 atom stereocenters. The van der Waals surface area contributed by atoms with Crippen LogP contribution in [0.4, 0.5) is 0 Å². The third kappa shape index (κ3) is 6.90. The lowest BCUT2D eigenvalue weighted by molar-refractivity contribution is -0.144. The van der Waals surface area contributed by atoms with Crippen molar-refractivity contribution < 1.29 is 14.3 Å². The van der Waals surface area contributed by atoms with Gasteiger partial charge in [-0.2, -0.15) is 0 Å². The van der Waals surface area contributed by atoms with E-state index in [0.29, 0.717) is 19.7 Å². The maximum Gasteiger partial charge on any atom is 0.320 e. The fourth-order valence-electron chi connectivity index (χ4n) is 1.83. The Kier molecular flexibility index (Phi) is 7.46. The van der Waals surface area contributed by atoms with E-state index in [-0.39, 0.29) is 25.0 Å². The highest BCUT2D eigenvalue weighted by molar-refractivity contribution is 5.79. The highest BCUT2D eigenvalue weighted by Gasteiger charge is 2.13. The first kappa shape index (κ1) is 17.2. The van der Waals surface area contributed by atoms with E-state index in [4.69, 9.17) is 4.74 Å². The number of esters is 1. The molecule has 0 fully saturated rings. The van der Waals surface area contributed by atoms with E-state index in [2.05, 4.69) is 5.32 Å². The van der Waals surface area contributed by atoms with Crippen LogP contribution in [0.5, 0.6) is 0 Å². The number of amides is 1. The van der Waals surface area contributed by atoms with Crippen molar-refractivity contribution in [2.24, 2.45) is 0 Å². The van der Waals surface area contributed by atoms with Gasteiger partial charge in [0, 0.05) is 6.54 Å². The zero-order valence-electron chi connectivity index (χ0n) is 13.0. The van der Waals surface area contributed by atoms with E-state index in [9.17, 15) is 9.59 Å². The average Bonchev–Trinajstić information content (AvgIpc) is 2.46. The fraction of sp³-hybridized carbons (Fsp3) is 0.500. The number of benzene rings is 1. The molecular weight excluding hydrogens is 268 g/mol. The Morgan fingerprint density at radius 2 is 1.81 bits per heavy atom. The van der Waals surface area contributed by atoms with Crippen LogP contribution >= 0.6 is 0 Å². The highest BCUT2D eigenvalue weighted by atomic mass is 16.5. The summed E-state index contributed by atoms with van der Waals surface area (Å²) < 4.78 is 4.88. The number of carbonyl (C=O) groups excluding carboxylic acids is 2. The summed E-state index contributed by atoms with van der Waals surface area (Å²) in [6.07, 6.45) is 0. The second kappa shape index (κ2) is 9.13. The lowest BCUT2D eigenvalue weighted by Gasteiger charge is -2.18. The summed E-state index contributed by atoms with van der Waals surface area (Å²) in [5, 5.41) is 2.86. The van der Waals surface area contributed by atoms with Crippen molar-refractivity contribution >= 4 is 11.9 Å². The summed E-state index contributed by atoms with van der Waals surface area (Å²) >= 11 is 0. The van der Waals surface area contributed by atoms with Crippen molar-refractivity contribution in [2.45, 2.75) is 27.3 Å². The summed E-state index contributed by atoms with van der Waals surface area (Å²) in [7, 11) is 0. The molecule has 1 aromatic carbocycles. The molecule has 0 bridgehead atoms. The van der Waals surface area contributed by atoms with Crippen molar-refractivity contribution in [1.82, 2.24) is 10.2 Å². The molecule has 1 aromatic rings. The Bertz CT molecular complexity index is 457. The molecule has 1 N–H and O–H groups in total. The topological polar surface area (TPSA) is 58.6 Å². The fourth-order valence-corrected chi connectivity index (χ4v) is 1.83. The van der Waals surface area contributed by atoms with Crippen LogP contribution in [0.25, 0.3) is 0 Å². The Morgan fingerprint density at radius 1 is 1.14 bits per heavy atom. The molecule has 0 spiro atoms. The first-order chi connectivity index (χ1) is 10.0. The van der Waals surface area contributed by atoms with Crippen molar-refractivity contribution in [2.75, 3.05) is 26.2 Å². The molecule has 5 heteroatoms. The SMILES string of the molecule is CCOC(=O)CN(CC)CC(=O)NCc1ccc(C)cc1. The number of aryl methyl sites for hydroxylation is 1. The maximum atomic E-state index is 11.9. The summed E-state index contributed by atoms with van der Waals surface area (Å²) in [5.41, 5.74) is 2.25. The van der Waals surface area contributed by atoms with Gasteiger partial charge in [0.1, 0.15) is 0 Å². The summed E-state index contributed by atoms with van der Waals surface area (Å²) in [5.74, 6) is -0.396. The first-order valence-electron chi connectivity index (χ1n) is 7.25. The number of nitrogens with zero attached hydrogens (tertiary/aromatic N) is 1. The molecule has 1 amide bonds. The molecule has 0 unspecified atom stereocenters. The van der Waals surface area contributed by atoms with E-state index < -0.39 is 0 Å². The minimum absolute atomic E-state index is 0.0956. The molecule has 0 saturated heterocycles. The lowest BCUT2D eigenvalue weighted by atomic mass is 10.1. The van der Waals surface area contributed by atoms with Gasteiger partial charge in [0.2, 0.25) is 5.91 Å². The number of rotatable bonds is 8. The molecule has 21 heavy (non-hydrogen) atoms. The predicted octanol–water partition coefficient (Wildman–Crippen LogP) is 1.50. The molecule has 0 radical (unpaired) electrons. The molecule has 0 aliphatic rings. The highest BCUT2D eigenvalue weighted by Crippen LogP contribution is 2.02. The van der Waals surface area contributed by atoms with Gasteiger partial charge in [0.05, 0.1) is 19.7 Å². The lowest BCUT2D eigenvalue weighted by Crippen LogP contribution is -2.39. The predicted molar refractivity (Wildman–Crippen MR) is 81.8 cm³/mol. The first-order valence-corrected chi connectivity index (χ1v) is 7.25. The van der Waals surface area contributed by atoms with Crippen molar-refractivity contribution in [3.63, 3.8) is 0 Å². The van der Waals surface area contributed by atoms with Crippen LogP contribution in [0.2, 0.25) is 0 Å². The van der Waals surface area contributed by atoms with E-state index in [0.717, 1.165) is 5.56 Å². The van der Waals surface area contributed by atoms with Crippen molar-refractivity contribution in [1.29, 1.82) is 0 Å². The molecule has 0 aromatic heterocycles. The number of likely N-dealkylation sites (N-methyl/N-ethyl adjacent to an activating group) is 1. The van der Waals surface area contributed by atoms with Gasteiger partial charge in [-0.15, -0.1) is 0 Å². The molecule has 0 aliphatic heterocycles. The minimum atomic E-state index is -0.300. The Labute approximate surface area is 126 Å². The van der Waals surface area contributed by atoms with Crippen LogP contribution in [-0.4, -0.2) is 43.0 Å². The average molecular weight is 292 g/mol. The smallest absolute Gasteiger partial charge is 0.320 e. The van der Waals surface area contributed by atoms with Gasteiger partial charge in [-0.05, 0) is 26.0 Å². The van der Waals surface area contributed by atoms with Gasteiger partial charge in [-0.1, -0.05) is 36.8 Å². The Morgan fingerprint density at radius 3 is 2.38 bits per heavy atom. The van der Waals surface area contributed by atoms with Gasteiger partial charge in [0.25, 0.3) is 0 Å². The molecule has 5 nitrogen and oxygen atoms in total. The molecule has 0 heterocycles. The van der Waals surface area contributed by atoms with E-state index >= 15 is 0 Å². The minimum Gasteiger partial charge on any atom is -0.465 e. The second-order valence-corrected chi connectivity index (χ2v) is 4.87. The normalized spacial score (nSPS) is 10.5. The zero-order valence-corrected chi connectivity index (χ0v) is 13.0. The van der Waals surface area contributed by atoms with Gasteiger partial charge < -0.3 is 10.1 Å². The van der Waals surface area contributed by atoms with Crippen molar-refractivity contribution in [3.05, 3.63) is 35.4 Å². The number of nitrogens with one attached hydrogen (secondary N) is 1. The van der Waals surface area contributed by atoms with Crippen LogP contribution in [0.3, 0.4) is 0 Å². The van der Waals surface area contributed by atoms with Crippen LogP contribution in [0.1, 0.15) is 25.0 Å². The van der Waals surface area contributed by atoms with Gasteiger partial charge in [0.15, 0.2) is 0 Å². The van der Waals surface area contributed by atoms with Gasteiger partial charge >= 0.3 is 5.97 Å². The quantitative estimate of drug-likeness (QED) is 0.738. The molecule has 0 saturated carbocycles. The number of carbonyl (C=O) groups is 2. The summed E-state index contributed by atoms with van der Waals surface area (Å²) in [6, 6.07) is 8.01. The number of hydrogen-bond acceptors (Lipinski definition) is 4. The molecule has 0 aliphatic carbocycles. The number of ether oxygens (including phenoxy) is 1. The van der Waals surface area contributed by atoms with Crippen LogP contribution in [-0.2, 0) is 20.9 Å². The monoisotopic (exact) mass is 292 g/mol. The van der Waals surface area contributed by atoms with Crippen LogP contribution in [0.15, 0.2) is 24.3 Å². The molecule has 1 rings (SSSR count). The van der Waals surface area contributed by atoms with Crippen LogP contribution in [0, 0.1) is 6.92 Å². The maximum absolute atomic E-state index is 11.9. The molecular formula is C16H24N2O3. The van der Waals surface area contributed by atoms with Gasteiger partial charge in [-0.3, -0.25) is 14.5 Å². The zero-order chi connectivity index (χ0) is 15.7. The van der Waals surface area contributed by atoms with E-state index in [1.807, 2.05) is 38.1 Å². The molecule has 116 valence electrons. The largest absolute Gasteiger partial charge is 0.465 e. The third-order valence-electron chi connectivity index (χ3n) is 3.08. The Balaban J connectivity index is 2.37. The van der Waals surface area contributed by atoms with Crippen molar-refractivity contribution in [3.8, 4) is 0 Å². The second-order valence-electron chi connectivity index (χ2n) is 4.87. The summed E-state index contributed by atoms with van der Waals surface area (Å²) in [4.78, 5) is 25.0. The van der Waals surface area contributed by atoms with E-state index in [1.165, 1.54) is 5.56 Å².